The van der Waals surface area contributed by atoms with Crippen LogP contribution >= 0.6 is 15.9 Å². The highest BCUT2D eigenvalue weighted by molar-refractivity contribution is 9.10. The van der Waals surface area contributed by atoms with Crippen molar-refractivity contribution in [3.63, 3.8) is 0 Å². The zero-order chi connectivity index (χ0) is 16.1. The number of aryl methyl sites for hydroxylation is 1. The Labute approximate surface area is 138 Å². The molecule has 1 amide bonds. The van der Waals surface area contributed by atoms with Gasteiger partial charge < -0.3 is 10.2 Å². The minimum atomic E-state index is -0.0848. The van der Waals surface area contributed by atoms with E-state index >= 15 is 0 Å². The predicted molar refractivity (Wildman–Crippen MR) is 91.4 cm³/mol. The Morgan fingerprint density at radius 2 is 2.00 bits per heavy atom. The molecule has 0 bridgehead atoms. The van der Waals surface area contributed by atoms with Crippen molar-refractivity contribution in [2.24, 2.45) is 0 Å². The van der Waals surface area contributed by atoms with Crippen molar-refractivity contribution >= 4 is 33.5 Å². The lowest BCUT2D eigenvalue weighted by molar-refractivity contribution is 0.0767. The maximum atomic E-state index is 12.3. The van der Waals surface area contributed by atoms with E-state index in [2.05, 4.69) is 31.2 Å². The Hall–Kier alpha value is -1.95. The van der Waals surface area contributed by atoms with E-state index in [0.29, 0.717) is 24.7 Å². The molecule has 22 heavy (non-hydrogen) atoms. The SMILES string of the molecule is CCN(CC)C(=O)c1ccnc(Nc2ccc(C)cc2Br)n1. The summed E-state index contributed by atoms with van der Waals surface area (Å²) in [4.78, 5) is 22.5. The summed E-state index contributed by atoms with van der Waals surface area (Å²) >= 11 is 3.50. The van der Waals surface area contributed by atoms with Gasteiger partial charge in [-0.1, -0.05) is 6.07 Å². The van der Waals surface area contributed by atoms with Gasteiger partial charge in [-0.15, -0.1) is 0 Å². The first-order valence-electron chi connectivity index (χ1n) is 7.20. The molecule has 1 N–H and O–H groups in total. The number of carbonyl (C=O) groups excluding carboxylic acids is 1. The van der Waals surface area contributed by atoms with E-state index in [1.54, 1.807) is 17.2 Å². The summed E-state index contributed by atoms with van der Waals surface area (Å²) < 4.78 is 0.927. The molecule has 0 unspecified atom stereocenters. The molecule has 1 aromatic heterocycles. The molecule has 0 saturated carbocycles. The Morgan fingerprint density at radius 1 is 1.27 bits per heavy atom. The maximum absolute atomic E-state index is 12.3. The Balaban J connectivity index is 2.23. The predicted octanol–water partition coefficient (Wildman–Crippen LogP) is 3.77. The molecule has 0 atom stereocenters. The monoisotopic (exact) mass is 362 g/mol. The first-order chi connectivity index (χ1) is 10.5. The van der Waals surface area contributed by atoms with E-state index in [1.807, 2.05) is 39.0 Å². The van der Waals surface area contributed by atoms with Gasteiger partial charge in [-0.05, 0) is 60.5 Å². The van der Waals surface area contributed by atoms with Crippen LogP contribution in [-0.4, -0.2) is 33.9 Å². The lowest BCUT2D eigenvalue weighted by Gasteiger charge is -2.18. The van der Waals surface area contributed by atoms with Crippen molar-refractivity contribution in [2.45, 2.75) is 20.8 Å². The van der Waals surface area contributed by atoms with Crippen LogP contribution in [0.1, 0.15) is 29.9 Å². The number of carbonyl (C=O) groups is 1. The number of aromatic nitrogens is 2. The first-order valence-corrected chi connectivity index (χ1v) is 8.00. The van der Waals surface area contributed by atoms with Gasteiger partial charge in [0.25, 0.3) is 5.91 Å². The fourth-order valence-corrected chi connectivity index (χ4v) is 2.65. The first kappa shape index (κ1) is 16.4. The Kier molecular flexibility index (Phi) is 5.49. The molecule has 1 heterocycles. The number of benzene rings is 1. The van der Waals surface area contributed by atoms with Crippen molar-refractivity contribution in [1.82, 2.24) is 14.9 Å². The van der Waals surface area contributed by atoms with Gasteiger partial charge in [-0.25, -0.2) is 9.97 Å². The van der Waals surface area contributed by atoms with E-state index in [0.717, 1.165) is 15.7 Å². The third-order valence-electron chi connectivity index (χ3n) is 3.30. The Morgan fingerprint density at radius 3 is 2.64 bits per heavy atom. The molecule has 1 aromatic carbocycles. The summed E-state index contributed by atoms with van der Waals surface area (Å²) in [6.45, 7) is 7.24. The van der Waals surface area contributed by atoms with E-state index in [1.165, 1.54) is 0 Å². The molecular formula is C16H19BrN4O. The van der Waals surface area contributed by atoms with Crippen LogP contribution in [0.3, 0.4) is 0 Å². The van der Waals surface area contributed by atoms with Crippen LogP contribution in [-0.2, 0) is 0 Å². The van der Waals surface area contributed by atoms with Gasteiger partial charge in [0, 0.05) is 23.8 Å². The minimum Gasteiger partial charge on any atom is -0.338 e. The zero-order valence-electron chi connectivity index (χ0n) is 12.9. The van der Waals surface area contributed by atoms with E-state index < -0.39 is 0 Å². The van der Waals surface area contributed by atoms with Gasteiger partial charge in [0.1, 0.15) is 5.69 Å². The zero-order valence-corrected chi connectivity index (χ0v) is 14.5. The molecule has 6 heteroatoms. The second-order valence-corrected chi connectivity index (χ2v) is 5.71. The van der Waals surface area contributed by atoms with Crippen molar-refractivity contribution in [1.29, 1.82) is 0 Å². The van der Waals surface area contributed by atoms with E-state index in [-0.39, 0.29) is 5.91 Å². The van der Waals surface area contributed by atoms with Gasteiger partial charge in [-0.2, -0.15) is 0 Å². The van der Waals surface area contributed by atoms with Gasteiger partial charge in [0.05, 0.1) is 5.69 Å². The van der Waals surface area contributed by atoms with Gasteiger partial charge in [0.2, 0.25) is 5.95 Å². The number of anilines is 2. The molecule has 0 saturated heterocycles. The standard InChI is InChI=1S/C16H19BrN4O/c1-4-21(5-2)15(22)14-8-9-18-16(20-14)19-13-7-6-11(3)10-12(13)17/h6-10H,4-5H2,1-3H3,(H,18,19,20). The number of hydrogen-bond acceptors (Lipinski definition) is 4. The molecular weight excluding hydrogens is 344 g/mol. The van der Waals surface area contributed by atoms with Crippen molar-refractivity contribution in [2.75, 3.05) is 18.4 Å². The summed E-state index contributed by atoms with van der Waals surface area (Å²) in [5.41, 5.74) is 2.41. The molecule has 2 rings (SSSR count). The van der Waals surface area contributed by atoms with Gasteiger partial charge >= 0.3 is 0 Å². The lowest BCUT2D eigenvalue weighted by Crippen LogP contribution is -2.31. The van der Waals surface area contributed by atoms with Crippen LogP contribution in [0.5, 0.6) is 0 Å². The Bertz CT molecular complexity index is 671. The van der Waals surface area contributed by atoms with E-state index in [9.17, 15) is 4.79 Å². The smallest absolute Gasteiger partial charge is 0.272 e. The normalized spacial score (nSPS) is 10.4. The van der Waals surface area contributed by atoms with E-state index in [4.69, 9.17) is 0 Å². The van der Waals surface area contributed by atoms with Gasteiger partial charge in [-0.3, -0.25) is 4.79 Å². The molecule has 116 valence electrons. The molecule has 0 aliphatic carbocycles. The van der Waals surface area contributed by atoms with Gasteiger partial charge in [0.15, 0.2) is 0 Å². The number of nitrogens with one attached hydrogen (secondary N) is 1. The number of rotatable bonds is 5. The third-order valence-corrected chi connectivity index (χ3v) is 3.95. The molecule has 0 fully saturated rings. The summed E-state index contributed by atoms with van der Waals surface area (Å²) in [5, 5.41) is 3.13. The molecule has 0 radical (unpaired) electrons. The topological polar surface area (TPSA) is 58.1 Å². The van der Waals surface area contributed by atoms with Crippen LogP contribution in [0.15, 0.2) is 34.9 Å². The summed E-state index contributed by atoms with van der Waals surface area (Å²) in [5.74, 6) is 0.320. The largest absolute Gasteiger partial charge is 0.338 e. The number of halogens is 1. The molecule has 0 aliphatic heterocycles. The molecule has 5 nitrogen and oxygen atoms in total. The molecule has 0 spiro atoms. The van der Waals surface area contributed by atoms with Crippen LogP contribution in [0.25, 0.3) is 0 Å². The van der Waals surface area contributed by atoms with Crippen LogP contribution < -0.4 is 5.32 Å². The van der Waals surface area contributed by atoms with Crippen LogP contribution in [0, 0.1) is 6.92 Å². The minimum absolute atomic E-state index is 0.0848. The fourth-order valence-electron chi connectivity index (χ4n) is 2.05. The quantitative estimate of drug-likeness (QED) is 0.879. The fraction of sp³-hybridized carbons (Fsp3) is 0.312. The average Bonchev–Trinajstić information content (AvgIpc) is 2.51. The second kappa shape index (κ2) is 7.35. The van der Waals surface area contributed by atoms with Crippen molar-refractivity contribution in [3.8, 4) is 0 Å². The van der Waals surface area contributed by atoms with Crippen LogP contribution in [0.4, 0.5) is 11.6 Å². The lowest BCUT2D eigenvalue weighted by atomic mass is 10.2. The highest BCUT2D eigenvalue weighted by atomic mass is 79.9. The summed E-state index contributed by atoms with van der Waals surface area (Å²) in [7, 11) is 0. The van der Waals surface area contributed by atoms with Crippen LogP contribution in [0.2, 0.25) is 0 Å². The third kappa shape index (κ3) is 3.82. The number of hydrogen-bond donors (Lipinski definition) is 1. The molecule has 0 aliphatic rings. The molecule has 2 aromatic rings. The average molecular weight is 363 g/mol. The highest BCUT2D eigenvalue weighted by Gasteiger charge is 2.15. The number of nitrogens with zero attached hydrogens (tertiary/aromatic N) is 3. The number of amides is 1. The second-order valence-electron chi connectivity index (χ2n) is 4.85. The van der Waals surface area contributed by atoms with Crippen molar-refractivity contribution < 1.29 is 4.79 Å². The maximum Gasteiger partial charge on any atom is 0.272 e. The van der Waals surface area contributed by atoms with Crippen molar-refractivity contribution in [3.05, 3.63) is 46.2 Å². The summed E-state index contributed by atoms with van der Waals surface area (Å²) in [6.07, 6.45) is 1.59. The summed E-state index contributed by atoms with van der Waals surface area (Å²) in [6, 6.07) is 7.59. The highest BCUT2D eigenvalue weighted by Crippen LogP contribution is 2.25.